The highest BCUT2D eigenvalue weighted by molar-refractivity contribution is 5.97. The average Bonchev–Trinajstić information content (AvgIpc) is 2.53. The zero-order valence-corrected chi connectivity index (χ0v) is 12.9. The van der Waals surface area contributed by atoms with Gasteiger partial charge in [-0.2, -0.15) is 0 Å². The number of carbonyl (C=O) groups excluding carboxylic acids is 1. The number of rotatable bonds is 5. The van der Waals surface area contributed by atoms with Gasteiger partial charge in [-0.1, -0.05) is 32.3 Å². The van der Waals surface area contributed by atoms with Crippen molar-refractivity contribution in [2.75, 3.05) is 13.7 Å². The van der Waals surface area contributed by atoms with E-state index in [0.29, 0.717) is 18.2 Å². The highest BCUT2D eigenvalue weighted by Crippen LogP contribution is 2.31. The Labute approximate surface area is 126 Å². The molecule has 0 heterocycles. The molecule has 2 rings (SSSR count). The second kappa shape index (κ2) is 7.34. The van der Waals surface area contributed by atoms with Crippen LogP contribution in [0.1, 0.15) is 49.4 Å². The summed E-state index contributed by atoms with van der Waals surface area (Å²) in [6.45, 7) is 2.93. The van der Waals surface area contributed by atoms with Gasteiger partial charge in [-0.15, -0.1) is 0 Å². The zero-order valence-electron chi connectivity index (χ0n) is 12.9. The maximum atomic E-state index is 12.2. The van der Waals surface area contributed by atoms with E-state index in [4.69, 9.17) is 4.74 Å². The standard InChI is InChI=1S/C17H25NO3/c1-3-12-7-9-13(10-8-12)11-18-17(20)14-5-4-6-15(21-2)16(14)19/h4-6,12-13,19H,3,7-11H2,1-2H3,(H,18,20). The van der Waals surface area contributed by atoms with E-state index in [-0.39, 0.29) is 17.2 Å². The molecule has 0 saturated heterocycles. The average molecular weight is 291 g/mol. The number of nitrogens with one attached hydrogen (secondary N) is 1. The molecule has 21 heavy (non-hydrogen) atoms. The monoisotopic (exact) mass is 291 g/mol. The van der Waals surface area contributed by atoms with E-state index in [9.17, 15) is 9.90 Å². The summed E-state index contributed by atoms with van der Waals surface area (Å²) < 4.78 is 5.02. The predicted molar refractivity (Wildman–Crippen MR) is 82.7 cm³/mol. The Kier molecular flexibility index (Phi) is 5.48. The van der Waals surface area contributed by atoms with Gasteiger partial charge in [-0.25, -0.2) is 0 Å². The number of amides is 1. The molecule has 4 heteroatoms. The van der Waals surface area contributed by atoms with Crippen LogP contribution in [0.3, 0.4) is 0 Å². The van der Waals surface area contributed by atoms with Crippen LogP contribution in [0.4, 0.5) is 0 Å². The number of para-hydroxylation sites is 1. The highest BCUT2D eigenvalue weighted by Gasteiger charge is 2.21. The Morgan fingerprint density at radius 3 is 2.57 bits per heavy atom. The fourth-order valence-electron chi connectivity index (χ4n) is 3.05. The van der Waals surface area contributed by atoms with Gasteiger partial charge in [0.2, 0.25) is 0 Å². The Balaban J connectivity index is 1.88. The largest absolute Gasteiger partial charge is 0.504 e. The van der Waals surface area contributed by atoms with Gasteiger partial charge in [0.25, 0.3) is 5.91 Å². The van der Waals surface area contributed by atoms with E-state index in [2.05, 4.69) is 12.2 Å². The third kappa shape index (κ3) is 3.90. The molecule has 1 aliphatic rings. The number of hydrogen-bond donors (Lipinski definition) is 2. The minimum atomic E-state index is -0.232. The van der Waals surface area contributed by atoms with Crippen molar-refractivity contribution in [2.45, 2.75) is 39.0 Å². The van der Waals surface area contributed by atoms with E-state index in [1.807, 2.05) is 0 Å². The van der Waals surface area contributed by atoms with E-state index in [1.165, 1.54) is 39.2 Å². The fraction of sp³-hybridized carbons (Fsp3) is 0.588. The molecule has 116 valence electrons. The van der Waals surface area contributed by atoms with Gasteiger partial charge in [0.1, 0.15) is 0 Å². The van der Waals surface area contributed by atoms with E-state index in [0.717, 1.165) is 5.92 Å². The van der Waals surface area contributed by atoms with Crippen LogP contribution in [-0.2, 0) is 0 Å². The lowest BCUT2D eigenvalue weighted by atomic mass is 9.81. The van der Waals surface area contributed by atoms with Crippen LogP contribution in [0.5, 0.6) is 11.5 Å². The number of ether oxygens (including phenoxy) is 1. The summed E-state index contributed by atoms with van der Waals surface area (Å²) >= 11 is 0. The maximum Gasteiger partial charge on any atom is 0.255 e. The molecule has 0 bridgehead atoms. The Morgan fingerprint density at radius 2 is 1.95 bits per heavy atom. The van der Waals surface area contributed by atoms with Crippen LogP contribution < -0.4 is 10.1 Å². The summed E-state index contributed by atoms with van der Waals surface area (Å²) in [4.78, 5) is 12.2. The van der Waals surface area contributed by atoms with Crippen LogP contribution in [-0.4, -0.2) is 24.7 Å². The number of carbonyl (C=O) groups is 1. The van der Waals surface area contributed by atoms with E-state index < -0.39 is 0 Å². The lowest BCUT2D eigenvalue weighted by molar-refractivity contribution is 0.0938. The van der Waals surface area contributed by atoms with Crippen molar-refractivity contribution in [1.82, 2.24) is 5.32 Å². The van der Waals surface area contributed by atoms with Gasteiger partial charge >= 0.3 is 0 Å². The normalized spacial score (nSPS) is 21.8. The summed E-state index contributed by atoms with van der Waals surface area (Å²) in [6.07, 6.45) is 6.16. The third-order valence-corrected chi connectivity index (χ3v) is 4.56. The molecule has 1 aromatic rings. The van der Waals surface area contributed by atoms with Gasteiger partial charge in [0.05, 0.1) is 12.7 Å². The Hall–Kier alpha value is -1.71. The van der Waals surface area contributed by atoms with E-state index in [1.54, 1.807) is 18.2 Å². The molecule has 1 aliphatic carbocycles. The number of benzene rings is 1. The fourth-order valence-corrected chi connectivity index (χ4v) is 3.05. The minimum Gasteiger partial charge on any atom is -0.504 e. The number of phenolic OH excluding ortho intramolecular Hbond substituents is 1. The molecule has 0 aliphatic heterocycles. The van der Waals surface area contributed by atoms with Crippen molar-refractivity contribution in [3.63, 3.8) is 0 Å². The molecule has 0 spiro atoms. The molecule has 1 fully saturated rings. The first kappa shape index (κ1) is 15.7. The predicted octanol–water partition coefficient (Wildman–Crippen LogP) is 3.35. The number of methoxy groups -OCH3 is 1. The van der Waals surface area contributed by atoms with Gasteiger partial charge in [0, 0.05) is 6.54 Å². The second-order valence-corrected chi connectivity index (χ2v) is 5.86. The SMILES string of the molecule is CCC1CCC(CNC(=O)c2cccc(OC)c2O)CC1. The molecule has 4 nitrogen and oxygen atoms in total. The molecule has 1 saturated carbocycles. The molecule has 2 N–H and O–H groups in total. The van der Waals surface area contributed by atoms with Gasteiger partial charge in [-0.05, 0) is 36.8 Å². The van der Waals surface area contributed by atoms with E-state index >= 15 is 0 Å². The summed E-state index contributed by atoms with van der Waals surface area (Å²) in [5, 5.41) is 12.9. The van der Waals surface area contributed by atoms with Crippen molar-refractivity contribution in [1.29, 1.82) is 0 Å². The zero-order chi connectivity index (χ0) is 15.2. The smallest absolute Gasteiger partial charge is 0.255 e. The third-order valence-electron chi connectivity index (χ3n) is 4.56. The first-order valence-electron chi connectivity index (χ1n) is 7.79. The molecule has 1 amide bonds. The second-order valence-electron chi connectivity index (χ2n) is 5.86. The van der Waals surface area contributed by atoms with Crippen LogP contribution in [0.15, 0.2) is 18.2 Å². The topological polar surface area (TPSA) is 58.6 Å². The van der Waals surface area contributed by atoms with Gasteiger partial charge in [-0.3, -0.25) is 4.79 Å². The van der Waals surface area contributed by atoms with Crippen molar-refractivity contribution in [3.05, 3.63) is 23.8 Å². The van der Waals surface area contributed by atoms with Crippen LogP contribution in [0.2, 0.25) is 0 Å². The van der Waals surface area contributed by atoms with Crippen molar-refractivity contribution >= 4 is 5.91 Å². The molecule has 0 unspecified atom stereocenters. The lowest BCUT2D eigenvalue weighted by Crippen LogP contribution is -2.31. The highest BCUT2D eigenvalue weighted by atomic mass is 16.5. The number of phenols is 1. The van der Waals surface area contributed by atoms with Gasteiger partial charge in [0.15, 0.2) is 11.5 Å². The van der Waals surface area contributed by atoms with Crippen molar-refractivity contribution in [3.8, 4) is 11.5 Å². The first-order valence-corrected chi connectivity index (χ1v) is 7.79. The van der Waals surface area contributed by atoms with Gasteiger partial charge < -0.3 is 15.2 Å². The van der Waals surface area contributed by atoms with Crippen molar-refractivity contribution in [2.24, 2.45) is 11.8 Å². The molecular formula is C17H25NO3. The quantitative estimate of drug-likeness (QED) is 0.874. The summed E-state index contributed by atoms with van der Waals surface area (Å²) in [5.41, 5.74) is 0.275. The molecule has 0 atom stereocenters. The van der Waals surface area contributed by atoms with Crippen molar-refractivity contribution < 1.29 is 14.6 Å². The minimum absolute atomic E-state index is 0.0906. The van der Waals surface area contributed by atoms with Crippen LogP contribution in [0, 0.1) is 11.8 Å². The summed E-state index contributed by atoms with van der Waals surface area (Å²) in [6, 6.07) is 4.96. The summed E-state index contributed by atoms with van der Waals surface area (Å²) in [7, 11) is 1.48. The lowest BCUT2D eigenvalue weighted by Gasteiger charge is -2.27. The Morgan fingerprint density at radius 1 is 1.29 bits per heavy atom. The molecule has 0 radical (unpaired) electrons. The molecular weight excluding hydrogens is 266 g/mol. The number of hydrogen-bond acceptors (Lipinski definition) is 3. The van der Waals surface area contributed by atoms with Crippen LogP contribution >= 0.6 is 0 Å². The maximum absolute atomic E-state index is 12.2. The molecule has 1 aromatic carbocycles. The number of aromatic hydroxyl groups is 1. The van der Waals surface area contributed by atoms with Crippen LogP contribution in [0.25, 0.3) is 0 Å². The molecule has 0 aromatic heterocycles. The Bertz CT molecular complexity index is 479. The first-order chi connectivity index (χ1) is 10.2. The summed E-state index contributed by atoms with van der Waals surface area (Å²) in [5.74, 6) is 1.42.